The van der Waals surface area contributed by atoms with Crippen molar-refractivity contribution in [2.24, 2.45) is 5.41 Å². The summed E-state index contributed by atoms with van der Waals surface area (Å²) in [7, 11) is -0.280. The maximum atomic E-state index is 11.8. The first-order valence-electron chi connectivity index (χ1n) is 34.9. The van der Waals surface area contributed by atoms with Gasteiger partial charge in [0, 0.05) is 63.6 Å². The third kappa shape index (κ3) is 79.2. The molecule has 0 atom stereocenters. The second-order valence-electron chi connectivity index (χ2n) is 16.4. The number of carbonyl (C=O) groups excluding carboxylic acids is 1. The van der Waals surface area contributed by atoms with Gasteiger partial charge in [0.1, 0.15) is 31.8 Å². The maximum absolute atomic E-state index is 11.8. The van der Waals surface area contributed by atoms with Crippen LogP contribution in [0.3, 0.4) is 0 Å². The van der Waals surface area contributed by atoms with Crippen molar-refractivity contribution >= 4 is 36.5 Å². The Morgan fingerprint density at radius 2 is 1.06 bits per heavy atom. The van der Waals surface area contributed by atoms with Gasteiger partial charge in [-0.05, 0) is 138 Å². The number of amides is 1. The Morgan fingerprint density at radius 1 is 0.527 bits per heavy atom. The summed E-state index contributed by atoms with van der Waals surface area (Å²) >= 11 is 3.36. The van der Waals surface area contributed by atoms with Crippen LogP contribution in [0.4, 0.5) is 17.6 Å². The van der Waals surface area contributed by atoms with E-state index in [-0.39, 0.29) is 13.0 Å². The molecule has 1 aromatic heterocycles. The molecule has 17 nitrogen and oxygen atoms in total. The standard InChI is InChI=1S/C10H19BN2O.C6H11N.2C5H9N.C5H8O.C4H2F4O2.C4H5NOS.C4H7NO.C4H7NS.C2H3N3.10C2H6/c1-11(14)13-8-4-10(5-9-13)2-6-12-7-3-10;1-2-4-6-7-5-3-1;3*1-2-4-6-5-3-1;5-3(6)4(7,8)10-2-1-9-3;6-4-3-7-2-1-5-4;2*1-3-6-4-2-5-1;1-3-2-5-4-1;10*1-2/h2,6,12,14H,3-5,7-9H2,1H3;3,5,7H,1-2,4,6H2;2,4,6H,1,3,5H2;1-2,6H,3-5H2;2,4H,1,3,5H2;1-2H;1-2H,3H2,(H,5,6);2*1,3,5H,2,4H2;1-2H,(H,3,4,5);10*1-2H3. The number of piperidine rings is 1. The summed E-state index contributed by atoms with van der Waals surface area (Å²) in [5.74, 6) is 1.88. The zero-order valence-electron chi connectivity index (χ0n) is 62.3. The minimum absolute atomic E-state index is 0.0903. The summed E-state index contributed by atoms with van der Waals surface area (Å²) in [4.78, 5) is 16.0. The molecule has 10 aliphatic rings. The van der Waals surface area contributed by atoms with Crippen molar-refractivity contribution < 1.29 is 46.3 Å². The van der Waals surface area contributed by atoms with Crippen LogP contribution in [0.1, 0.15) is 209 Å². The van der Waals surface area contributed by atoms with Gasteiger partial charge in [0.15, 0.2) is 0 Å². The van der Waals surface area contributed by atoms with Crippen molar-refractivity contribution in [3.8, 4) is 0 Å². The lowest BCUT2D eigenvalue weighted by atomic mass is 9.71. The highest BCUT2D eigenvalue weighted by atomic mass is 32.2. The fourth-order valence-corrected chi connectivity index (χ4v) is 7.52. The number of thioether (sulfide) groups is 2. The van der Waals surface area contributed by atoms with Crippen LogP contribution < -0.4 is 37.2 Å². The second-order valence-corrected chi connectivity index (χ2v) is 18.3. The molecule has 0 bridgehead atoms. The highest BCUT2D eigenvalue weighted by Crippen LogP contribution is 2.39. The number of nitrogens with zero attached hydrogens (tertiary/aromatic N) is 3. The molecule has 11 heterocycles. The van der Waals surface area contributed by atoms with Gasteiger partial charge < -0.3 is 66.0 Å². The number of ether oxygens (including phenoxy) is 4. The molecule has 11 rings (SSSR count). The van der Waals surface area contributed by atoms with Crippen molar-refractivity contribution in [1.82, 2.24) is 57.2 Å². The van der Waals surface area contributed by atoms with Crippen LogP contribution in [0.2, 0.25) is 6.82 Å². The van der Waals surface area contributed by atoms with E-state index in [9.17, 15) is 27.4 Å². The Hall–Kier alpha value is -5.17. The lowest BCUT2D eigenvalue weighted by molar-refractivity contribution is -0.417. The molecule has 0 saturated carbocycles. The summed E-state index contributed by atoms with van der Waals surface area (Å²) < 4.78 is 63.6. The van der Waals surface area contributed by atoms with E-state index in [0.717, 1.165) is 72.1 Å². The number of hydrogen-bond donors (Lipinski definition) is 9. The smallest absolute Gasteiger partial charge is 0.502 e. The van der Waals surface area contributed by atoms with E-state index in [1.807, 2.05) is 187 Å². The van der Waals surface area contributed by atoms with Crippen molar-refractivity contribution in [2.75, 3.05) is 83.6 Å². The van der Waals surface area contributed by atoms with Gasteiger partial charge in [0.25, 0.3) is 0 Å². The SMILES string of the molecule is C1=CCNCC1.C1=CNCCC1.C1=CNCCCC1.C1=COCCC1.C1=COCCN1.C1=CSCCN1.CB(O)N1CCC2(C=CNCC2)CC1.CC.CC.CC.CC.CC.CC.CC.CC.CC.CC.FC1(F)OC=COC1(F)F.O=C1CSC=CN1.c1nc[nH]n1. The Balaban J connectivity index is -0.000000118. The van der Waals surface area contributed by atoms with Crippen LogP contribution in [-0.4, -0.2) is 134 Å². The van der Waals surface area contributed by atoms with Crippen LogP contribution in [0.15, 0.2) is 122 Å². The van der Waals surface area contributed by atoms with Gasteiger partial charge in [-0.1, -0.05) is 169 Å². The highest BCUT2D eigenvalue weighted by molar-refractivity contribution is 8.02. The summed E-state index contributed by atoms with van der Waals surface area (Å²) in [5.41, 5.74) is 0.427. The lowest BCUT2D eigenvalue weighted by Crippen LogP contribution is -2.47. The van der Waals surface area contributed by atoms with Crippen molar-refractivity contribution in [1.29, 1.82) is 0 Å². The molecule has 24 heteroatoms. The molecule has 10 aliphatic heterocycles. The molecule has 1 spiro atoms. The Kier molecular flexibility index (Phi) is 109. The first-order chi connectivity index (χ1) is 45.6. The molecule has 1 fully saturated rings. The van der Waals surface area contributed by atoms with E-state index in [0.29, 0.717) is 23.7 Å². The second kappa shape index (κ2) is 95.5. The van der Waals surface area contributed by atoms with E-state index in [4.69, 9.17) is 9.47 Å². The van der Waals surface area contributed by atoms with Crippen LogP contribution >= 0.6 is 23.5 Å². The molecule has 93 heavy (non-hydrogen) atoms. The number of H-pyrrole nitrogens is 1. The van der Waals surface area contributed by atoms with Crippen LogP contribution in [0.5, 0.6) is 0 Å². The minimum Gasteiger partial charge on any atom is -0.502 e. The van der Waals surface area contributed by atoms with E-state index < -0.39 is 12.2 Å². The van der Waals surface area contributed by atoms with Gasteiger partial charge in [-0.25, -0.2) is 4.98 Å². The third-order valence-corrected chi connectivity index (χ3v) is 12.1. The fraction of sp³-hybridized carbons (Fsp3) is 0.696. The van der Waals surface area contributed by atoms with Gasteiger partial charge in [0.2, 0.25) is 5.91 Å². The molecule has 9 N–H and O–H groups in total. The molecule has 0 radical (unpaired) electrons. The third-order valence-electron chi connectivity index (χ3n) is 10.6. The number of rotatable bonds is 1. The van der Waals surface area contributed by atoms with Crippen LogP contribution in [0.25, 0.3) is 0 Å². The lowest BCUT2D eigenvalue weighted by Gasteiger charge is -2.42. The Morgan fingerprint density at radius 3 is 1.31 bits per heavy atom. The Bertz CT molecular complexity index is 1600. The molecule has 0 aliphatic carbocycles. The number of halogens is 4. The molecule has 0 unspecified atom stereocenters. The van der Waals surface area contributed by atoms with Crippen molar-refractivity contribution in [3.05, 3.63) is 122 Å². The van der Waals surface area contributed by atoms with E-state index in [1.54, 1.807) is 24.9 Å². The topological polar surface area (TPSA) is 203 Å². The quantitative estimate of drug-likeness (QED) is 0.0729. The van der Waals surface area contributed by atoms with Gasteiger partial charge in [0.05, 0.1) is 24.9 Å². The van der Waals surface area contributed by atoms with E-state index >= 15 is 0 Å². The zero-order chi connectivity index (χ0) is 72.7. The van der Waals surface area contributed by atoms with E-state index in [2.05, 4.69) is 109 Å². The highest BCUT2D eigenvalue weighted by Gasteiger charge is 2.63. The van der Waals surface area contributed by atoms with Gasteiger partial charge >= 0.3 is 19.3 Å². The Labute approximate surface area is 576 Å². The normalized spacial score (nSPS) is 17.3. The fourth-order valence-electron chi connectivity index (χ4n) is 6.46. The summed E-state index contributed by atoms with van der Waals surface area (Å²) in [6.45, 7) is 53.4. The molecule has 1 aromatic rings. The molecule has 550 valence electrons. The number of alkyl halides is 4. The summed E-state index contributed by atoms with van der Waals surface area (Å²) in [6, 6.07) is 0. The first-order valence-corrected chi connectivity index (χ1v) is 37.0. The predicted molar refractivity (Wildman–Crippen MR) is 401 cm³/mol. The monoisotopic (exact) mass is 1370 g/mol. The van der Waals surface area contributed by atoms with Crippen LogP contribution in [-0.2, 0) is 23.7 Å². The molecule has 0 aromatic carbocycles. The first kappa shape index (κ1) is 107. The van der Waals surface area contributed by atoms with E-state index in [1.165, 1.54) is 101 Å². The molecule has 1 amide bonds. The van der Waals surface area contributed by atoms with Gasteiger partial charge in [-0.15, -0.1) is 23.5 Å². The largest absolute Gasteiger partial charge is 0.507 e. The van der Waals surface area contributed by atoms with Crippen molar-refractivity contribution in [3.63, 3.8) is 0 Å². The van der Waals surface area contributed by atoms with Crippen molar-refractivity contribution in [2.45, 2.75) is 228 Å². The number of hydrogen-bond acceptors (Lipinski definition) is 17. The molecule has 1 saturated heterocycles. The van der Waals surface area contributed by atoms with Gasteiger partial charge in [-0.3, -0.25) is 9.89 Å². The van der Waals surface area contributed by atoms with Gasteiger partial charge in [-0.2, -0.15) is 22.7 Å². The molecular weight excluding hydrogens is 1230 g/mol. The molecular formula is C69H140BF4N11O6S2. The summed E-state index contributed by atoms with van der Waals surface area (Å²) in [5, 5.41) is 40.7. The average Bonchev–Trinajstić information content (AvgIpc) is 1.01. The number of nitrogens with one attached hydrogen (secondary N) is 8. The number of aromatic nitrogens is 3. The zero-order valence-corrected chi connectivity index (χ0v) is 63.9. The number of carbonyl (C=O) groups is 1. The number of aromatic amines is 1. The minimum atomic E-state index is -4.57. The summed E-state index contributed by atoms with van der Waals surface area (Å²) in [6.07, 6.45) is 36.3. The van der Waals surface area contributed by atoms with Crippen LogP contribution in [0, 0.1) is 5.41 Å². The maximum Gasteiger partial charge on any atom is 0.507 e. The average molecular weight is 1370 g/mol. The number of allylic oxidation sites excluding steroid dienone is 4. The predicted octanol–water partition coefficient (Wildman–Crippen LogP) is 17.6.